The number of hydrogen-bond donors (Lipinski definition) is 1. The van der Waals surface area contributed by atoms with Crippen molar-refractivity contribution in [2.75, 3.05) is 17.9 Å². The van der Waals surface area contributed by atoms with Gasteiger partial charge in [0.15, 0.2) is 11.5 Å². The van der Waals surface area contributed by atoms with Crippen LogP contribution in [0.5, 0.6) is 11.5 Å². The number of hydrogen-bond acceptors (Lipinski definition) is 4. The van der Waals surface area contributed by atoms with Gasteiger partial charge < -0.3 is 14.8 Å². The molecule has 2 aromatic rings. The molecule has 2 aliphatic rings. The van der Waals surface area contributed by atoms with Crippen molar-refractivity contribution in [2.24, 2.45) is 0 Å². The van der Waals surface area contributed by atoms with Crippen LogP contribution in [0.4, 0.5) is 5.69 Å². The number of carbonyl (C=O) groups excluding carboxylic acids is 1. The highest BCUT2D eigenvalue weighted by atomic mass is 32.2. The first kappa shape index (κ1) is 13.5. The lowest BCUT2D eigenvalue weighted by molar-refractivity contribution is -0.113. The van der Waals surface area contributed by atoms with Gasteiger partial charge in [0, 0.05) is 5.69 Å². The maximum atomic E-state index is 11.9. The van der Waals surface area contributed by atoms with E-state index in [1.807, 2.05) is 30.3 Å². The fourth-order valence-electron chi connectivity index (χ4n) is 2.80. The fraction of sp³-hybridized carbons (Fsp3) is 0.235. The predicted octanol–water partition coefficient (Wildman–Crippen LogP) is 3.50. The second-order valence-electron chi connectivity index (χ2n) is 5.44. The van der Waals surface area contributed by atoms with E-state index >= 15 is 0 Å². The molecule has 0 saturated heterocycles. The average molecular weight is 313 g/mol. The van der Waals surface area contributed by atoms with Gasteiger partial charge in [-0.2, -0.15) is 0 Å². The van der Waals surface area contributed by atoms with Gasteiger partial charge in [0.05, 0.1) is 11.0 Å². The number of fused-ring (bicyclic) bond motifs is 2. The van der Waals surface area contributed by atoms with E-state index in [2.05, 4.69) is 18.3 Å². The van der Waals surface area contributed by atoms with Gasteiger partial charge in [-0.1, -0.05) is 23.8 Å². The number of amides is 1. The number of nitrogens with one attached hydrogen (secondary N) is 1. The Morgan fingerprint density at radius 2 is 2.00 bits per heavy atom. The third-order valence-corrected chi connectivity index (χ3v) is 5.13. The summed E-state index contributed by atoms with van der Waals surface area (Å²) in [6, 6.07) is 12.1. The number of anilines is 1. The highest BCUT2D eigenvalue weighted by molar-refractivity contribution is 8.00. The third kappa shape index (κ3) is 2.31. The zero-order valence-corrected chi connectivity index (χ0v) is 12.9. The molecule has 4 nitrogen and oxygen atoms in total. The normalized spacial score (nSPS) is 19.3. The average Bonchev–Trinajstić information content (AvgIpc) is 2.91. The second-order valence-corrected chi connectivity index (χ2v) is 6.54. The van der Waals surface area contributed by atoms with Crippen LogP contribution in [0.25, 0.3) is 0 Å². The predicted molar refractivity (Wildman–Crippen MR) is 86.7 cm³/mol. The molecule has 4 rings (SSSR count). The van der Waals surface area contributed by atoms with E-state index in [0.29, 0.717) is 5.75 Å². The van der Waals surface area contributed by atoms with E-state index in [1.165, 1.54) is 5.56 Å². The number of thioether (sulfide) groups is 1. The van der Waals surface area contributed by atoms with Crippen LogP contribution in [-0.4, -0.2) is 18.5 Å². The van der Waals surface area contributed by atoms with E-state index in [-0.39, 0.29) is 18.0 Å². The molecule has 1 N–H and O–H groups in total. The number of ether oxygens (including phenoxy) is 2. The first-order valence-electron chi connectivity index (χ1n) is 7.12. The van der Waals surface area contributed by atoms with Crippen molar-refractivity contribution in [3.05, 3.63) is 53.1 Å². The van der Waals surface area contributed by atoms with E-state index in [9.17, 15) is 4.79 Å². The highest BCUT2D eigenvalue weighted by Gasteiger charge is 2.26. The van der Waals surface area contributed by atoms with Crippen molar-refractivity contribution in [3.63, 3.8) is 0 Å². The van der Waals surface area contributed by atoms with Gasteiger partial charge in [0.1, 0.15) is 0 Å². The molecule has 0 aromatic heterocycles. The lowest BCUT2D eigenvalue weighted by atomic mass is 10.00. The molecule has 1 amide bonds. The quantitative estimate of drug-likeness (QED) is 0.875. The summed E-state index contributed by atoms with van der Waals surface area (Å²) < 4.78 is 10.9. The first-order chi connectivity index (χ1) is 10.7. The molecule has 2 aromatic carbocycles. The summed E-state index contributed by atoms with van der Waals surface area (Å²) >= 11 is 1.63. The van der Waals surface area contributed by atoms with Crippen molar-refractivity contribution in [1.82, 2.24) is 0 Å². The van der Waals surface area contributed by atoms with Gasteiger partial charge in [-0.25, -0.2) is 0 Å². The molecule has 5 heteroatoms. The van der Waals surface area contributed by atoms with Gasteiger partial charge in [-0.15, -0.1) is 11.8 Å². The molecule has 0 aliphatic carbocycles. The summed E-state index contributed by atoms with van der Waals surface area (Å²) in [5.74, 6) is 2.03. The smallest absolute Gasteiger partial charge is 0.234 e. The van der Waals surface area contributed by atoms with E-state index in [0.717, 1.165) is 28.3 Å². The van der Waals surface area contributed by atoms with Gasteiger partial charge in [0.2, 0.25) is 12.7 Å². The Labute approximate surface area is 132 Å². The second kappa shape index (κ2) is 5.25. The topological polar surface area (TPSA) is 47.6 Å². The lowest BCUT2D eigenvalue weighted by Gasteiger charge is -2.18. The van der Waals surface area contributed by atoms with Crippen LogP contribution in [0.1, 0.15) is 21.9 Å². The molecule has 1 unspecified atom stereocenters. The lowest BCUT2D eigenvalue weighted by Crippen LogP contribution is -2.12. The van der Waals surface area contributed by atoms with Gasteiger partial charge in [-0.05, 0) is 36.2 Å². The molecule has 0 radical (unpaired) electrons. The SMILES string of the molecule is Cc1ccc2c(c1)C(c1ccc3c(c1)OCO3)SCC(=O)N2. The highest BCUT2D eigenvalue weighted by Crippen LogP contribution is 2.44. The Bertz CT molecular complexity index is 760. The molecule has 1 atom stereocenters. The zero-order valence-electron chi connectivity index (χ0n) is 12.1. The summed E-state index contributed by atoms with van der Waals surface area (Å²) in [6.45, 7) is 2.33. The summed E-state index contributed by atoms with van der Waals surface area (Å²) in [5.41, 5.74) is 4.33. The minimum Gasteiger partial charge on any atom is -0.454 e. The first-order valence-corrected chi connectivity index (χ1v) is 8.17. The van der Waals surface area contributed by atoms with Gasteiger partial charge in [-0.3, -0.25) is 4.79 Å². The minimum absolute atomic E-state index is 0.0401. The van der Waals surface area contributed by atoms with Crippen LogP contribution >= 0.6 is 11.8 Å². The summed E-state index contributed by atoms with van der Waals surface area (Å²) in [4.78, 5) is 11.9. The maximum Gasteiger partial charge on any atom is 0.234 e. The molecule has 112 valence electrons. The van der Waals surface area contributed by atoms with Crippen molar-refractivity contribution < 1.29 is 14.3 Å². The molecule has 0 spiro atoms. The van der Waals surface area contributed by atoms with Crippen LogP contribution < -0.4 is 14.8 Å². The summed E-state index contributed by atoms with van der Waals surface area (Å²) in [7, 11) is 0. The number of aryl methyl sites for hydroxylation is 1. The number of benzene rings is 2. The Morgan fingerprint density at radius 1 is 1.14 bits per heavy atom. The van der Waals surface area contributed by atoms with Crippen LogP contribution in [0.2, 0.25) is 0 Å². The van der Waals surface area contributed by atoms with Gasteiger partial charge >= 0.3 is 0 Å². The fourth-order valence-corrected chi connectivity index (χ4v) is 3.90. The number of rotatable bonds is 1. The van der Waals surface area contributed by atoms with E-state index < -0.39 is 0 Å². The molecular formula is C17H15NO3S. The summed E-state index contributed by atoms with van der Waals surface area (Å²) in [6.07, 6.45) is 0. The van der Waals surface area contributed by atoms with Gasteiger partial charge in [0.25, 0.3) is 0 Å². The molecule has 0 fully saturated rings. The molecule has 2 heterocycles. The monoisotopic (exact) mass is 313 g/mol. The Hall–Kier alpha value is -2.14. The van der Waals surface area contributed by atoms with Crippen molar-refractivity contribution in [3.8, 4) is 11.5 Å². The Balaban J connectivity index is 1.81. The van der Waals surface area contributed by atoms with E-state index in [1.54, 1.807) is 11.8 Å². The van der Waals surface area contributed by atoms with E-state index in [4.69, 9.17) is 9.47 Å². The Morgan fingerprint density at radius 3 is 2.91 bits per heavy atom. The Kier molecular flexibility index (Phi) is 3.22. The standard InChI is InChI=1S/C17H15NO3S/c1-10-2-4-13-12(6-10)17(22-8-16(19)18-13)11-3-5-14-15(7-11)21-9-20-14/h2-7,17H,8-9H2,1H3,(H,18,19). The van der Waals surface area contributed by atoms with Crippen LogP contribution in [0.3, 0.4) is 0 Å². The van der Waals surface area contributed by atoms with Crippen molar-refractivity contribution >= 4 is 23.4 Å². The minimum atomic E-state index is 0.0401. The van der Waals surface area contributed by atoms with Crippen LogP contribution in [0, 0.1) is 6.92 Å². The summed E-state index contributed by atoms with van der Waals surface area (Å²) in [5, 5.41) is 3.09. The molecule has 2 aliphatic heterocycles. The van der Waals surface area contributed by atoms with Crippen LogP contribution in [0.15, 0.2) is 36.4 Å². The molecule has 0 saturated carbocycles. The molecular weight excluding hydrogens is 298 g/mol. The van der Waals surface area contributed by atoms with Crippen molar-refractivity contribution in [2.45, 2.75) is 12.2 Å². The molecule has 0 bridgehead atoms. The largest absolute Gasteiger partial charge is 0.454 e. The third-order valence-electron chi connectivity index (χ3n) is 3.84. The maximum absolute atomic E-state index is 11.9. The van der Waals surface area contributed by atoms with Crippen molar-refractivity contribution in [1.29, 1.82) is 0 Å². The zero-order chi connectivity index (χ0) is 15.1. The van der Waals surface area contributed by atoms with Crippen LogP contribution in [-0.2, 0) is 4.79 Å². The molecule has 22 heavy (non-hydrogen) atoms. The number of carbonyl (C=O) groups is 1.